The third-order valence-electron chi connectivity index (χ3n) is 2.66. The van der Waals surface area contributed by atoms with Crippen molar-refractivity contribution >= 4 is 17.6 Å². The van der Waals surface area contributed by atoms with Gasteiger partial charge in [-0.25, -0.2) is 9.48 Å². The molecular formula is C13H10ClN3O3. The van der Waals surface area contributed by atoms with Crippen molar-refractivity contribution in [2.24, 2.45) is 7.05 Å². The number of hydrogen-bond donors (Lipinski definition) is 1. The highest BCUT2D eigenvalue weighted by Crippen LogP contribution is 2.31. The van der Waals surface area contributed by atoms with E-state index in [9.17, 15) is 4.79 Å². The van der Waals surface area contributed by atoms with Crippen LogP contribution in [0, 0.1) is 18.3 Å². The molecule has 1 N–H and O–H groups in total. The Bertz CT molecular complexity index is 731. The molecule has 0 aliphatic heterocycles. The molecule has 0 saturated carbocycles. The van der Waals surface area contributed by atoms with Gasteiger partial charge in [-0.05, 0) is 19.1 Å². The van der Waals surface area contributed by atoms with Crippen LogP contribution in [0.4, 0.5) is 0 Å². The molecule has 0 bridgehead atoms. The summed E-state index contributed by atoms with van der Waals surface area (Å²) in [5.41, 5.74) is 0.713. The van der Waals surface area contributed by atoms with E-state index < -0.39 is 5.97 Å². The summed E-state index contributed by atoms with van der Waals surface area (Å²) in [5, 5.41) is 22.6. The molecule has 0 saturated heterocycles. The van der Waals surface area contributed by atoms with Gasteiger partial charge in [0.25, 0.3) is 0 Å². The fourth-order valence-corrected chi connectivity index (χ4v) is 1.91. The molecule has 7 heteroatoms. The summed E-state index contributed by atoms with van der Waals surface area (Å²) >= 11 is 5.85. The zero-order valence-electron chi connectivity index (χ0n) is 10.7. The highest BCUT2D eigenvalue weighted by Gasteiger charge is 2.19. The second-order valence-corrected chi connectivity index (χ2v) is 4.49. The molecule has 2 aromatic rings. The van der Waals surface area contributed by atoms with Crippen molar-refractivity contribution in [2.75, 3.05) is 0 Å². The molecule has 102 valence electrons. The number of aromatic nitrogens is 2. The molecule has 1 aromatic carbocycles. The first kappa shape index (κ1) is 13.9. The summed E-state index contributed by atoms with van der Waals surface area (Å²) in [7, 11) is 1.61. The summed E-state index contributed by atoms with van der Waals surface area (Å²) in [6, 6.07) is 6.16. The van der Waals surface area contributed by atoms with E-state index in [4.69, 9.17) is 26.7 Å². The van der Waals surface area contributed by atoms with Crippen molar-refractivity contribution in [1.29, 1.82) is 5.26 Å². The molecule has 0 fully saturated rings. The second-order valence-electron chi connectivity index (χ2n) is 4.05. The lowest BCUT2D eigenvalue weighted by Crippen LogP contribution is -2.02. The molecule has 0 amide bonds. The molecule has 1 heterocycles. The first-order chi connectivity index (χ1) is 9.43. The molecule has 0 aliphatic carbocycles. The van der Waals surface area contributed by atoms with E-state index >= 15 is 0 Å². The Morgan fingerprint density at radius 1 is 1.55 bits per heavy atom. The maximum Gasteiger partial charge on any atom is 0.339 e. The Morgan fingerprint density at radius 2 is 2.25 bits per heavy atom. The Kier molecular flexibility index (Phi) is 3.63. The second kappa shape index (κ2) is 5.23. The van der Waals surface area contributed by atoms with Gasteiger partial charge in [0.05, 0.1) is 5.69 Å². The summed E-state index contributed by atoms with van der Waals surface area (Å²) in [6.07, 6.45) is 0. The minimum Gasteiger partial charge on any atom is -0.478 e. The molecule has 20 heavy (non-hydrogen) atoms. The molecule has 0 radical (unpaired) electrons. The number of carbonyl (C=O) groups is 1. The van der Waals surface area contributed by atoms with E-state index in [1.54, 1.807) is 14.0 Å². The lowest BCUT2D eigenvalue weighted by Gasteiger charge is -2.09. The maximum atomic E-state index is 11.2. The highest BCUT2D eigenvalue weighted by molar-refractivity contribution is 6.30. The molecule has 6 nitrogen and oxygen atoms in total. The van der Waals surface area contributed by atoms with Crippen molar-refractivity contribution in [2.45, 2.75) is 6.92 Å². The predicted octanol–water partition coefficient (Wildman–Crippen LogP) is 2.74. The number of halogens is 1. The number of benzene rings is 1. The zero-order valence-corrected chi connectivity index (χ0v) is 11.5. The van der Waals surface area contributed by atoms with Crippen LogP contribution < -0.4 is 4.74 Å². The van der Waals surface area contributed by atoms with Crippen LogP contribution in [0.1, 0.15) is 21.6 Å². The van der Waals surface area contributed by atoms with Crippen LogP contribution in [0.3, 0.4) is 0 Å². The standard InChI is InChI=1S/C13H10ClN3O3/c1-7-10(6-15)12(17(2)16-7)20-11-5-8(14)3-4-9(11)13(18)19/h3-5H,1-2H3,(H,18,19). The van der Waals surface area contributed by atoms with Gasteiger partial charge in [-0.3, -0.25) is 0 Å². The van der Waals surface area contributed by atoms with Crippen molar-refractivity contribution in [3.63, 3.8) is 0 Å². The Balaban J connectivity index is 2.53. The smallest absolute Gasteiger partial charge is 0.339 e. The first-order valence-electron chi connectivity index (χ1n) is 5.58. The lowest BCUT2D eigenvalue weighted by atomic mass is 10.2. The largest absolute Gasteiger partial charge is 0.478 e. The van der Waals surface area contributed by atoms with Crippen LogP contribution >= 0.6 is 11.6 Å². The third-order valence-corrected chi connectivity index (χ3v) is 2.90. The molecule has 0 unspecified atom stereocenters. The van der Waals surface area contributed by atoms with E-state index in [1.165, 1.54) is 22.9 Å². The fourth-order valence-electron chi connectivity index (χ4n) is 1.74. The molecule has 0 atom stereocenters. The van der Waals surface area contributed by atoms with Crippen LogP contribution in [0.15, 0.2) is 18.2 Å². The number of rotatable bonds is 3. The quantitative estimate of drug-likeness (QED) is 0.939. The molecule has 0 aliphatic rings. The number of hydrogen-bond acceptors (Lipinski definition) is 4. The molecule has 2 rings (SSSR count). The maximum absolute atomic E-state index is 11.2. The van der Waals surface area contributed by atoms with Gasteiger partial charge in [-0.15, -0.1) is 0 Å². The van der Waals surface area contributed by atoms with Crippen LogP contribution in [-0.2, 0) is 7.05 Å². The molecular weight excluding hydrogens is 282 g/mol. The van der Waals surface area contributed by atoms with Gasteiger partial charge in [-0.2, -0.15) is 10.4 Å². The van der Waals surface area contributed by atoms with Gasteiger partial charge in [-0.1, -0.05) is 11.6 Å². The van der Waals surface area contributed by atoms with E-state index in [2.05, 4.69) is 5.10 Å². The van der Waals surface area contributed by atoms with Crippen molar-refractivity contribution < 1.29 is 14.6 Å². The summed E-state index contributed by atoms with van der Waals surface area (Å²) in [5.74, 6) is -0.909. The SMILES string of the molecule is Cc1nn(C)c(Oc2cc(Cl)ccc2C(=O)O)c1C#N. The Hall–Kier alpha value is -2.52. The van der Waals surface area contributed by atoms with Gasteiger partial charge < -0.3 is 9.84 Å². The first-order valence-corrected chi connectivity index (χ1v) is 5.96. The van der Waals surface area contributed by atoms with E-state index in [0.717, 1.165) is 0 Å². The number of aryl methyl sites for hydroxylation is 2. The van der Waals surface area contributed by atoms with Crippen LogP contribution in [0.2, 0.25) is 5.02 Å². The van der Waals surface area contributed by atoms with Crippen molar-refractivity contribution in [3.8, 4) is 17.7 Å². The number of nitriles is 1. The van der Waals surface area contributed by atoms with Crippen LogP contribution in [0.25, 0.3) is 0 Å². The topological polar surface area (TPSA) is 88.1 Å². The number of carboxylic acid groups (broad SMARTS) is 1. The van der Waals surface area contributed by atoms with Gasteiger partial charge in [0.1, 0.15) is 22.9 Å². The summed E-state index contributed by atoms with van der Waals surface area (Å²) in [6.45, 7) is 1.67. The van der Waals surface area contributed by atoms with Gasteiger partial charge in [0.2, 0.25) is 5.88 Å². The van der Waals surface area contributed by atoms with Crippen LogP contribution in [-0.4, -0.2) is 20.9 Å². The highest BCUT2D eigenvalue weighted by atomic mass is 35.5. The fraction of sp³-hybridized carbons (Fsp3) is 0.154. The van der Waals surface area contributed by atoms with Crippen LogP contribution in [0.5, 0.6) is 11.6 Å². The Labute approximate surface area is 119 Å². The average Bonchev–Trinajstić information content (AvgIpc) is 2.63. The lowest BCUT2D eigenvalue weighted by molar-refractivity contribution is 0.0694. The van der Waals surface area contributed by atoms with Gasteiger partial charge in [0.15, 0.2) is 0 Å². The number of ether oxygens (including phenoxy) is 1. The van der Waals surface area contributed by atoms with E-state index in [-0.39, 0.29) is 22.8 Å². The van der Waals surface area contributed by atoms with Gasteiger partial charge >= 0.3 is 5.97 Å². The van der Waals surface area contributed by atoms with E-state index in [0.29, 0.717) is 10.7 Å². The summed E-state index contributed by atoms with van der Waals surface area (Å²) in [4.78, 5) is 11.2. The van der Waals surface area contributed by atoms with Crippen molar-refractivity contribution in [1.82, 2.24) is 9.78 Å². The summed E-state index contributed by atoms with van der Waals surface area (Å²) < 4.78 is 6.91. The van der Waals surface area contributed by atoms with Crippen molar-refractivity contribution in [3.05, 3.63) is 40.0 Å². The average molecular weight is 292 g/mol. The molecule has 0 spiro atoms. The number of nitrogens with zero attached hydrogens (tertiary/aromatic N) is 3. The number of aromatic carboxylic acids is 1. The number of carboxylic acids is 1. The zero-order chi connectivity index (χ0) is 14.9. The minimum absolute atomic E-state index is 0.0443. The minimum atomic E-state index is -1.14. The van der Waals surface area contributed by atoms with Gasteiger partial charge in [0, 0.05) is 18.1 Å². The monoisotopic (exact) mass is 291 g/mol. The van der Waals surface area contributed by atoms with E-state index in [1.807, 2.05) is 6.07 Å². The Morgan fingerprint density at radius 3 is 2.85 bits per heavy atom. The molecule has 1 aromatic heterocycles. The predicted molar refractivity (Wildman–Crippen MR) is 71.1 cm³/mol. The normalized spacial score (nSPS) is 10.1. The third kappa shape index (κ3) is 2.44.